The van der Waals surface area contributed by atoms with E-state index in [4.69, 9.17) is 4.74 Å². The van der Waals surface area contributed by atoms with Crippen LogP contribution in [-0.2, 0) is 4.74 Å². The number of nitrogens with zero attached hydrogens (tertiary/aromatic N) is 1. The molecular formula is C15H17NO5. The number of ether oxygens (including phenoxy) is 1. The summed E-state index contributed by atoms with van der Waals surface area (Å²) in [5, 5.41) is 9.31. The number of hydrogen-bond donors (Lipinski definition) is 1. The normalized spacial score (nSPS) is 13.5. The summed E-state index contributed by atoms with van der Waals surface area (Å²) in [5.41, 5.74) is 0.297. The number of carbonyl (C=O) groups is 3. The van der Waals surface area contributed by atoms with Crippen molar-refractivity contribution in [1.29, 1.82) is 0 Å². The predicted octanol–water partition coefficient (Wildman–Crippen LogP) is 2.41. The summed E-state index contributed by atoms with van der Waals surface area (Å²) in [6, 6.07) is 4.04. The topological polar surface area (TPSA) is 83.9 Å². The van der Waals surface area contributed by atoms with Gasteiger partial charge in [-0.1, -0.05) is 26.2 Å². The van der Waals surface area contributed by atoms with Crippen molar-refractivity contribution in [2.45, 2.75) is 32.6 Å². The third-order valence-corrected chi connectivity index (χ3v) is 3.33. The van der Waals surface area contributed by atoms with E-state index in [1.807, 2.05) is 0 Å². The van der Waals surface area contributed by atoms with Gasteiger partial charge in [0, 0.05) is 0 Å². The van der Waals surface area contributed by atoms with Crippen LogP contribution in [0.15, 0.2) is 18.2 Å². The molecule has 0 aliphatic carbocycles. The van der Waals surface area contributed by atoms with E-state index in [9.17, 15) is 19.6 Å². The smallest absolute Gasteiger partial charge is 0.338 e. The zero-order chi connectivity index (χ0) is 15.4. The second-order valence-corrected chi connectivity index (χ2v) is 4.88. The van der Waals surface area contributed by atoms with Crippen LogP contribution < -0.4 is 0 Å². The van der Waals surface area contributed by atoms with Gasteiger partial charge in [0.1, 0.15) is 0 Å². The number of carbonyl (C=O) groups excluding carboxylic acids is 3. The molecule has 6 nitrogen and oxygen atoms in total. The first kappa shape index (κ1) is 15.2. The molecule has 0 radical (unpaired) electrons. The second kappa shape index (κ2) is 6.49. The average Bonchev–Trinajstić information content (AvgIpc) is 2.71. The Morgan fingerprint density at radius 1 is 1.14 bits per heavy atom. The molecule has 21 heavy (non-hydrogen) atoms. The molecule has 112 valence electrons. The summed E-state index contributed by atoms with van der Waals surface area (Å²) < 4.78 is 5.11. The van der Waals surface area contributed by atoms with E-state index in [-0.39, 0.29) is 21.8 Å². The third-order valence-electron chi connectivity index (χ3n) is 3.33. The molecule has 6 heteroatoms. The van der Waals surface area contributed by atoms with E-state index < -0.39 is 17.8 Å². The Bertz CT molecular complexity index is 581. The molecule has 0 fully saturated rings. The van der Waals surface area contributed by atoms with Crippen LogP contribution in [0.25, 0.3) is 0 Å². The van der Waals surface area contributed by atoms with Crippen molar-refractivity contribution in [1.82, 2.24) is 5.06 Å². The lowest BCUT2D eigenvalue weighted by Gasteiger charge is -2.05. The highest BCUT2D eigenvalue weighted by Gasteiger charge is 2.35. The number of hydrogen-bond acceptors (Lipinski definition) is 5. The molecule has 0 atom stereocenters. The van der Waals surface area contributed by atoms with Crippen LogP contribution >= 0.6 is 0 Å². The minimum atomic E-state index is -0.826. The van der Waals surface area contributed by atoms with Crippen molar-refractivity contribution in [3.63, 3.8) is 0 Å². The van der Waals surface area contributed by atoms with Gasteiger partial charge in [-0.25, -0.2) is 4.79 Å². The fourth-order valence-electron chi connectivity index (χ4n) is 2.13. The highest BCUT2D eigenvalue weighted by Crippen LogP contribution is 2.22. The van der Waals surface area contributed by atoms with Gasteiger partial charge in [0.25, 0.3) is 11.8 Å². The molecule has 0 bridgehead atoms. The van der Waals surface area contributed by atoms with Crippen molar-refractivity contribution >= 4 is 17.8 Å². The number of esters is 1. The van der Waals surface area contributed by atoms with E-state index in [2.05, 4.69) is 6.92 Å². The lowest BCUT2D eigenvalue weighted by atomic mass is 10.1. The first-order valence-corrected chi connectivity index (χ1v) is 6.95. The zero-order valence-corrected chi connectivity index (χ0v) is 11.8. The van der Waals surface area contributed by atoms with Crippen LogP contribution in [0.2, 0.25) is 0 Å². The summed E-state index contributed by atoms with van der Waals surface area (Å²) in [5.74, 6) is -2.15. The van der Waals surface area contributed by atoms with Crippen LogP contribution in [0.3, 0.4) is 0 Å². The van der Waals surface area contributed by atoms with E-state index in [1.54, 1.807) is 0 Å². The SMILES string of the molecule is CCCCCCOC(=O)c1ccc2c(c1)C(=O)N(O)C2=O. The van der Waals surface area contributed by atoms with Crippen molar-refractivity contribution in [2.75, 3.05) is 6.61 Å². The van der Waals surface area contributed by atoms with Gasteiger partial charge in [-0.15, -0.1) is 5.06 Å². The van der Waals surface area contributed by atoms with Crippen LogP contribution in [0.4, 0.5) is 0 Å². The van der Waals surface area contributed by atoms with Crippen LogP contribution in [-0.4, -0.2) is 34.7 Å². The molecule has 0 spiro atoms. The van der Waals surface area contributed by atoms with Crippen LogP contribution in [0.1, 0.15) is 63.7 Å². The van der Waals surface area contributed by atoms with Gasteiger partial charge >= 0.3 is 5.97 Å². The molecule has 1 aromatic rings. The van der Waals surface area contributed by atoms with Gasteiger partial charge in [-0.3, -0.25) is 14.8 Å². The Morgan fingerprint density at radius 3 is 2.57 bits per heavy atom. The van der Waals surface area contributed by atoms with Crippen molar-refractivity contribution in [2.24, 2.45) is 0 Å². The zero-order valence-electron chi connectivity index (χ0n) is 11.8. The maximum atomic E-state index is 11.9. The number of fused-ring (bicyclic) bond motifs is 1. The Balaban J connectivity index is 2.01. The largest absolute Gasteiger partial charge is 0.462 e. The highest BCUT2D eigenvalue weighted by atomic mass is 16.5. The molecule has 2 amide bonds. The molecule has 0 saturated heterocycles. The fraction of sp³-hybridized carbons (Fsp3) is 0.400. The standard InChI is InChI=1S/C15H17NO5/c1-2-3-4-5-8-21-15(19)10-6-7-11-12(9-10)14(18)16(20)13(11)17/h6-7,9,20H,2-5,8H2,1H3. The number of imide groups is 1. The molecule has 2 rings (SSSR count). The first-order chi connectivity index (χ1) is 10.1. The summed E-state index contributed by atoms with van der Waals surface area (Å²) in [6.45, 7) is 2.42. The number of benzene rings is 1. The third kappa shape index (κ3) is 3.11. The number of rotatable bonds is 6. The average molecular weight is 291 g/mol. The van der Waals surface area contributed by atoms with Gasteiger partial charge in [0.15, 0.2) is 0 Å². The lowest BCUT2D eigenvalue weighted by Crippen LogP contribution is -2.25. The fourth-order valence-corrected chi connectivity index (χ4v) is 2.13. The molecule has 0 aromatic heterocycles. The number of unbranched alkanes of at least 4 members (excludes halogenated alkanes) is 3. The summed E-state index contributed by atoms with van der Waals surface area (Å²) in [4.78, 5) is 35.0. The molecule has 1 heterocycles. The molecule has 1 aliphatic heterocycles. The van der Waals surface area contributed by atoms with Gasteiger partial charge in [-0.2, -0.15) is 0 Å². The minimum absolute atomic E-state index is 0.0166. The summed E-state index contributed by atoms with van der Waals surface area (Å²) in [6.07, 6.45) is 4.00. The Hall–Kier alpha value is -2.21. The summed E-state index contributed by atoms with van der Waals surface area (Å²) in [7, 11) is 0. The molecule has 0 saturated carbocycles. The van der Waals surface area contributed by atoms with Crippen molar-refractivity contribution in [3.05, 3.63) is 34.9 Å². The summed E-state index contributed by atoms with van der Waals surface area (Å²) >= 11 is 0. The number of amides is 2. The van der Waals surface area contributed by atoms with Crippen molar-refractivity contribution in [3.8, 4) is 0 Å². The van der Waals surface area contributed by atoms with E-state index in [0.717, 1.165) is 25.7 Å². The Morgan fingerprint density at radius 2 is 1.86 bits per heavy atom. The molecule has 1 aliphatic rings. The van der Waals surface area contributed by atoms with Crippen LogP contribution in [0, 0.1) is 0 Å². The highest BCUT2D eigenvalue weighted by molar-refractivity contribution is 6.20. The molecule has 1 N–H and O–H groups in total. The van der Waals surface area contributed by atoms with Gasteiger partial charge in [-0.05, 0) is 24.6 Å². The Labute approximate surface area is 122 Å². The van der Waals surface area contributed by atoms with Gasteiger partial charge < -0.3 is 4.74 Å². The quantitative estimate of drug-likeness (QED) is 0.376. The predicted molar refractivity (Wildman–Crippen MR) is 73.2 cm³/mol. The maximum absolute atomic E-state index is 11.9. The van der Waals surface area contributed by atoms with Gasteiger partial charge in [0.2, 0.25) is 0 Å². The van der Waals surface area contributed by atoms with E-state index in [0.29, 0.717) is 6.61 Å². The molecule has 1 aromatic carbocycles. The minimum Gasteiger partial charge on any atom is -0.462 e. The monoisotopic (exact) mass is 291 g/mol. The van der Waals surface area contributed by atoms with E-state index in [1.165, 1.54) is 18.2 Å². The van der Waals surface area contributed by atoms with Crippen molar-refractivity contribution < 1.29 is 24.3 Å². The first-order valence-electron chi connectivity index (χ1n) is 6.95. The second-order valence-electron chi connectivity index (χ2n) is 4.88. The van der Waals surface area contributed by atoms with Crippen LogP contribution in [0.5, 0.6) is 0 Å². The lowest BCUT2D eigenvalue weighted by molar-refractivity contribution is -0.0327. The molecule has 0 unspecified atom stereocenters. The Kier molecular flexibility index (Phi) is 4.70. The maximum Gasteiger partial charge on any atom is 0.338 e. The number of hydroxylamine groups is 2. The van der Waals surface area contributed by atoms with Gasteiger partial charge in [0.05, 0.1) is 23.3 Å². The van der Waals surface area contributed by atoms with E-state index >= 15 is 0 Å². The molecular weight excluding hydrogens is 274 g/mol.